The lowest BCUT2D eigenvalue weighted by Crippen LogP contribution is -2.49. The Labute approximate surface area is 121 Å². The van der Waals surface area contributed by atoms with Crippen LogP contribution >= 0.6 is 0 Å². The van der Waals surface area contributed by atoms with Crippen LogP contribution in [0.15, 0.2) is 54.6 Å². The van der Waals surface area contributed by atoms with E-state index in [2.05, 4.69) is 5.32 Å². The molecule has 1 amide bonds. The predicted octanol–water partition coefficient (Wildman–Crippen LogP) is 0.917. The summed E-state index contributed by atoms with van der Waals surface area (Å²) in [5.74, 6) is -2.42. The Morgan fingerprint density at radius 3 is 2.24 bits per heavy atom. The molecule has 0 aliphatic carbocycles. The summed E-state index contributed by atoms with van der Waals surface area (Å²) < 4.78 is 12.8. The van der Waals surface area contributed by atoms with E-state index in [1.54, 1.807) is 24.3 Å². The molecule has 4 nitrogen and oxygen atoms in total. The number of carboxylic acids is 1. The molecule has 2 aromatic rings. The second-order valence-electron chi connectivity index (χ2n) is 4.54. The van der Waals surface area contributed by atoms with Crippen molar-refractivity contribution in [1.29, 1.82) is 0 Å². The van der Waals surface area contributed by atoms with Gasteiger partial charge in [0.05, 0.1) is 12.0 Å². The van der Waals surface area contributed by atoms with Crippen LogP contribution in [0.2, 0.25) is 0 Å². The monoisotopic (exact) mass is 286 g/mol. The van der Waals surface area contributed by atoms with E-state index in [9.17, 15) is 19.1 Å². The van der Waals surface area contributed by atoms with Crippen molar-refractivity contribution in [3.63, 3.8) is 0 Å². The molecule has 0 saturated heterocycles. The molecule has 0 spiro atoms. The second-order valence-corrected chi connectivity index (χ2v) is 4.54. The third-order valence-electron chi connectivity index (χ3n) is 2.98. The number of hydrogen-bond acceptors (Lipinski definition) is 3. The van der Waals surface area contributed by atoms with Crippen LogP contribution in [-0.4, -0.2) is 17.9 Å². The van der Waals surface area contributed by atoms with Gasteiger partial charge in [-0.1, -0.05) is 30.3 Å². The molecule has 21 heavy (non-hydrogen) atoms. The quantitative estimate of drug-likeness (QED) is 0.888. The highest BCUT2D eigenvalue weighted by molar-refractivity contribution is 5.96. The molecule has 0 unspecified atom stereocenters. The number of carboxylic acid groups (broad SMARTS) is 1. The molecule has 0 aliphatic rings. The van der Waals surface area contributed by atoms with Crippen LogP contribution in [0.5, 0.6) is 0 Å². The van der Waals surface area contributed by atoms with Gasteiger partial charge in [-0.2, -0.15) is 0 Å². The van der Waals surface area contributed by atoms with Gasteiger partial charge in [0.15, 0.2) is 0 Å². The predicted molar refractivity (Wildman–Crippen MR) is 72.8 cm³/mol. The molecular weight excluding hydrogens is 273 g/mol. The van der Waals surface area contributed by atoms with Gasteiger partial charge in [-0.3, -0.25) is 4.79 Å². The van der Waals surface area contributed by atoms with Crippen molar-refractivity contribution in [2.75, 3.05) is 0 Å². The van der Waals surface area contributed by atoms with Crippen LogP contribution < -0.4 is 10.4 Å². The van der Waals surface area contributed by atoms with Crippen molar-refractivity contribution >= 4 is 11.9 Å². The Morgan fingerprint density at radius 1 is 1.05 bits per heavy atom. The molecule has 0 fully saturated rings. The first-order chi connectivity index (χ1) is 10.1. The summed E-state index contributed by atoms with van der Waals surface area (Å²) >= 11 is 0. The van der Waals surface area contributed by atoms with Crippen molar-refractivity contribution in [3.8, 4) is 0 Å². The van der Waals surface area contributed by atoms with E-state index in [0.717, 1.165) is 17.7 Å². The largest absolute Gasteiger partial charge is 0.548 e. The summed E-state index contributed by atoms with van der Waals surface area (Å²) in [4.78, 5) is 23.1. The van der Waals surface area contributed by atoms with Crippen LogP contribution in [0.3, 0.4) is 0 Å². The van der Waals surface area contributed by atoms with Crippen LogP contribution in [-0.2, 0) is 11.2 Å². The molecular formula is C16H13FNO3-. The van der Waals surface area contributed by atoms with Crippen LogP contribution in [0, 0.1) is 5.82 Å². The second kappa shape index (κ2) is 6.65. The van der Waals surface area contributed by atoms with Gasteiger partial charge < -0.3 is 15.2 Å². The van der Waals surface area contributed by atoms with Gasteiger partial charge in [-0.25, -0.2) is 4.39 Å². The SMILES string of the molecule is O=C(N[C@@H](Cc1ccccc1)C(=O)[O-])c1ccc(F)cc1. The molecule has 0 aliphatic heterocycles. The van der Waals surface area contributed by atoms with Gasteiger partial charge in [0, 0.05) is 5.56 Å². The molecule has 1 N–H and O–H groups in total. The Balaban J connectivity index is 2.07. The summed E-state index contributed by atoms with van der Waals surface area (Å²) in [6.07, 6.45) is 0.121. The Bertz CT molecular complexity index is 626. The number of hydrogen-bond donors (Lipinski definition) is 1. The van der Waals surface area contributed by atoms with Crippen molar-refractivity contribution in [2.45, 2.75) is 12.5 Å². The highest BCUT2D eigenvalue weighted by Crippen LogP contribution is 2.06. The van der Waals surface area contributed by atoms with Gasteiger partial charge in [0.2, 0.25) is 0 Å². The van der Waals surface area contributed by atoms with Crippen molar-refractivity contribution in [3.05, 3.63) is 71.5 Å². The average molecular weight is 286 g/mol. The summed E-state index contributed by atoms with van der Waals surface area (Å²) in [6, 6.07) is 12.6. The minimum absolute atomic E-state index is 0.121. The maximum atomic E-state index is 12.8. The zero-order valence-corrected chi connectivity index (χ0v) is 11.1. The lowest BCUT2D eigenvalue weighted by Gasteiger charge is -2.20. The zero-order valence-electron chi connectivity index (χ0n) is 11.1. The first-order valence-electron chi connectivity index (χ1n) is 6.37. The van der Waals surface area contributed by atoms with E-state index in [1.165, 1.54) is 12.1 Å². The number of amides is 1. The van der Waals surface area contributed by atoms with Gasteiger partial charge in [0.25, 0.3) is 5.91 Å². The van der Waals surface area contributed by atoms with E-state index in [-0.39, 0.29) is 12.0 Å². The number of nitrogens with one attached hydrogen (secondary N) is 1. The maximum absolute atomic E-state index is 12.8. The lowest BCUT2D eigenvalue weighted by molar-refractivity contribution is -0.308. The molecule has 1 atom stereocenters. The number of benzene rings is 2. The summed E-state index contributed by atoms with van der Waals surface area (Å²) in [5.41, 5.74) is 0.960. The average Bonchev–Trinajstić information content (AvgIpc) is 2.48. The third-order valence-corrected chi connectivity index (χ3v) is 2.98. The minimum Gasteiger partial charge on any atom is -0.548 e. The van der Waals surface area contributed by atoms with Crippen LogP contribution in [0.4, 0.5) is 4.39 Å². The lowest BCUT2D eigenvalue weighted by atomic mass is 10.1. The standard InChI is InChI=1S/C16H14FNO3/c17-13-8-6-12(7-9-13)15(19)18-14(16(20)21)10-11-4-2-1-3-5-11/h1-9,14H,10H2,(H,18,19)(H,20,21)/p-1/t14-/m0/s1. The Hall–Kier alpha value is -2.69. The summed E-state index contributed by atoms with van der Waals surface area (Å²) in [6.45, 7) is 0. The van der Waals surface area contributed by atoms with Gasteiger partial charge >= 0.3 is 0 Å². The molecule has 0 heterocycles. The molecule has 108 valence electrons. The van der Waals surface area contributed by atoms with Crippen LogP contribution in [0.25, 0.3) is 0 Å². The number of carbonyl (C=O) groups is 2. The molecule has 5 heteroatoms. The Morgan fingerprint density at radius 2 is 1.67 bits per heavy atom. The highest BCUT2D eigenvalue weighted by Gasteiger charge is 2.15. The minimum atomic E-state index is -1.37. The van der Waals surface area contributed by atoms with Gasteiger partial charge in [-0.05, 0) is 36.2 Å². The molecule has 2 aromatic carbocycles. The summed E-state index contributed by atoms with van der Waals surface area (Å²) in [7, 11) is 0. The normalized spacial score (nSPS) is 11.7. The fraction of sp³-hybridized carbons (Fsp3) is 0.125. The summed E-state index contributed by atoms with van der Waals surface area (Å²) in [5, 5.41) is 13.5. The van der Waals surface area contributed by atoms with Crippen molar-refractivity contribution in [2.24, 2.45) is 0 Å². The number of halogens is 1. The van der Waals surface area contributed by atoms with E-state index in [0.29, 0.717) is 0 Å². The Kier molecular flexibility index (Phi) is 4.66. The first-order valence-corrected chi connectivity index (χ1v) is 6.37. The molecule has 2 rings (SSSR count). The van der Waals surface area contributed by atoms with Crippen molar-refractivity contribution in [1.82, 2.24) is 5.32 Å². The molecule has 0 aromatic heterocycles. The maximum Gasteiger partial charge on any atom is 0.251 e. The number of rotatable bonds is 5. The number of carbonyl (C=O) groups excluding carboxylic acids is 2. The van der Waals surface area contributed by atoms with E-state index >= 15 is 0 Å². The van der Waals surface area contributed by atoms with E-state index in [1.807, 2.05) is 6.07 Å². The fourth-order valence-corrected chi connectivity index (χ4v) is 1.89. The number of aliphatic carboxylic acids is 1. The fourth-order valence-electron chi connectivity index (χ4n) is 1.89. The van der Waals surface area contributed by atoms with Gasteiger partial charge in [-0.15, -0.1) is 0 Å². The highest BCUT2D eigenvalue weighted by atomic mass is 19.1. The molecule has 0 radical (unpaired) electrons. The van der Waals surface area contributed by atoms with E-state index < -0.39 is 23.7 Å². The van der Waals surface area contributed by atoms with Crippen molar-refractivity contribution < 1.29 is 19.1 Å². The van der Waals surface area contributed by atoms with Gasteiger partial charge in [0.1, 0.15) is 5.82 Å². The topological polar surface area (TPSA) is 69.2 Å². The molecule has 0 saturated carbocycles. The van der Waals surface area contributed by atoms with E-state index in [4.69, 9.17) is 0 Å². The third kappa shape index (κ3) is 4.14. The first kappa shape index (κ1) is 14.7. The zero-order chi connectivity index (χ0) is 15.2. The molecule has 0 bridgehead atoms. The van der Waals surface area contributed by atoms with Crippen LogP contribution in [0.1, 0.15) is 15.9 Å². The smallest absolute Gasteiger partial charge is 0.251 e.